The van der Waals surface area contributed by atoms with Crippen LogP contribution in [0.4, 0.5) is 0 Å². The average Bonchev–Trinajstić information content (AvgIpc) is 2.80. The van der Waals surface area contributed by atoms with Gasteiger partial charge in [-0.15, -0.1) is 12.4 Å². The third kappa shape index (κ3) is 5.07. The summed E-state index contributed by atoms with van der Waals surface area (Å²) in [6.45, 7) is 8.16. The summed E-state index contributed by atoms with van der Waals surface area (Å²) in [6, 6.07) is 16.4. The first-order chi connectivity index (χ1) is 14.7. The highest BCUT2D eigenvalue weighted by Crippen LogP contribution is 2.45. The molecule has 0 radical (unpaired) electrons. The lowest BCUT2D eigenvalue weighted by molar-refractivity contribution is -0.135. The fourth-order valence-corrected chi connectivity index (χ4v) is 5.00. The molecule has 1 aliphatic heterocycles. The topological polar surface area (TPSA) is 32.8 Å². The van der Waals surface area contributed by atoms with Crippen molar-refractivity contribution in [2.75, 3.05) is 26.2 Å². The number of benzene rings is 2. The predicted octanol–water partition coefficient (Wildman–Crippen LogP) is 5.85. The Bertz CT molecular complexity index is 816. The van der Waals surface area contributed by atoms with Crippen LogP contribution in [-0.4, -0.2) is 47.9 Å². The monoisotopic (exact) mass is 442 g/mol. The van der Waals surface area contributed by atoms with E-state index in [4.69, 9.17) is 4.74 Å². The summed E-state index contributed by atoms with van der Waals surface area (Å²) < 4.78 is 6.14. The molecule has 0 saturated heterocycles. The Labute approximate surface area is 193 Å². The van der Waals surface area contributed by atoms with Crippen LogP contribution in [0.3, 0.4) is 0 Å². The van der Waals surface area contributed by atoms with Crippen LogP contribution in [0.15, 0.2) is 48.5 Å². The lowest BCUT2D eigenvalue weighted by Gasteiger charge is -2.39. The van der Waals surface area contributed by atoms with Gasteiger partial charge in [-0.3, -0.25) is 4.79 Å². The van der Waals surface area contributed by atoms with E-state index in [1.165, 1.54) is 19.3 Å². The second-order valence-electron chi connectivity index (χ2n) is 8.46. The van der Waals surface area contributed by atoms with Crippen molar-refractivity contribution in [2.24, 2.45) is 0 Å². The maximum absolute atomic E-state index is 14.2. The van der Waals surface area contributed by atoms with Crippen molar-refractivity contribution in [1.82, 2.24) is 9.80 Å². The normalized spacial score (nSPS) is 16.1. The van der Waals surface area contributed by atoms with Gasteiger partial charge in [0.05, 0.1) is 5.92 Å². The molecule has 1 fully saturated rings. The molecule has 0 bridgehead atoms. The van der Waals surface area contributed by atoms with Crippen molar-refractivity contribution in [1.29, 1.82) is 0 Å². The van der Waals surface area contributed by atoms with E-state index in [0.717, 1.165) is 61.6 Å². The predicted molar refractivity (Wildman–Crippen MR) is 128 cm³/mol. The number of likely N-dealkylation sites (N-methyl/N-ethyl adjacent to an activating group) is 1. The van der Waals surface area contributed by atoms with Crippen LogP contribution < -0.4 is 4.74 Å². The van der Waals surface area contributed by atoms with Gasteiger partial charge < -0.3 is 14.5 Å². The Kier molecular flexibility index (Phi) is 8.39. The average molecular weight is 443 g/mol. The zero-order valence-electron chi connectivity index (χ0n) is 18.8. The molecule has 5 heteroatoms. The molecule has 1 heterocycles. The molecule has 1 amide bonds. The van der Waals surface area contributed by atoms with E-state index in [9.17, 15) is 4.79 Å². The SMILES string of the molecule is CCN(CC)CCN(C(=O)C1c2ccccc2Oc2ccccc21)C1CCCCC1.Cl. The number of halogens is 1. The van der Waals surface area contributed by atoms with Crippen molar-refractivity contribution >= 4 is 18.3 Å². The van der Waals surface area contributed by atoms with Gasteiger partial charge in [0, 0.05) is 30.3 Å². The van der Waals surface area contributed by atoms with Crippen molar-refractivity contribution in [3.63, 3.8) is 0 Å². The first kappa shape index (κ1) is 23.6. The highest BCUT2D eigenvalue weighted by atomic mass is 35.5. The third-order valence-corrected chi connectivity index (χ3v) is 6.78. The number of ether oxygens (including phenoxy) is 1. The van der Waals surface area contributed by atoms with Crippen LogP contribution >= 0.6 is 12.4 Å². The Morgan fingerprint density at radius 3 is 1.97 bits per heavy atom. The van der Waals surface area contributed by atoms with Crippen LogP contribution in [0.2, 0.25) is 0 Å². The zero-order chi connectivity index (χ0) is 20.9. The maximum atomic E-state index is 14.2. The Hall–Kier alpha value is -2.04. The molecule has 0 unspecified atom stereocenters. The maximum Gasteiger partial charge on any atom is 0.235 e. The van der Waals surface area contributed by atoms with Gasteiger partial charge in [-0.1, -0.05) is 69.5 Å². The second-order valence-corrected chi connectivity index (χ2v) is 8.46. The largest absolute Gasteiger partial charge is 0.457 e. The molecule has 4 nitrogen and oxygen atoms in total. The molecule has 0 N–H and O–H groups in total. The minimum absolute atomic E-state index is 0. The summed E-state index contributed by atoms with van der Waals surface area (Å²) in [7, 11) is 0. The standard InChI is InChI=1S/C26H34N2O2.ClH/c1-3-27(4-2)18-19-28(20-12-6-5-7-13-20)26(29)25-21-14-8-10-16-23(21)30-24-17-11-9-15-22(24)25;/h8-11,14-17,20,25H,3-7,12-13,18-19H2,1-2H3;1H. The molecule has 0 atom stereocenters. The third-order valence-electron chi connectivity index (χ3n) is 6.78. The first-order valence-electron chi connectivity index (χ1n) is 11.6. The summed E-state index contributed by atoms with van der Waals surface area (Å²) >= 11 is 0. The van der Waals surface area contributed by atoms with Crippen molar-refractivity contribution in [2.45, 2.75) is 57.9 Å². The van der Waals surface area contributed by atoms with Crippen molar-refractivity contribution in [3.8, 4) is 11.5 Å². The molecule has 1 aliphatic carbocycles. The molecule has 2 aromatic rings. The summed E-state index contributed by atoms with van der Waals surface area (Å²) in [5.74, 6) is 1.56. The number of hydrogen-bond donors (Lipinski definition) is 0. The highest BCUT2D eigenvalue weighted by molar-refractivity contribution is 5.90. The molecule has 4 rings (SSSR count). The number of hydrogen-bond acceptors (Lipinski definition) is 3. The zero-order valence-corrected chi connectivity index (χ0v) is 19.6. The smallest absolute Gasteiger partial charge is 0.235 e. The summed E-state index contributed by atoms with van der Waals surface area (Å²) in [5.41, 5.74) is 1.98. The van der Waals surface area contributed by atoms with E-state index in [-0.39, 0.29) is 24.2 Å². The van der Waals surface area contributed by atoms with Crippen LogP contribution in [0, 0.1) is 0 Å². The lowest BCUT2D eigenvalue weighted by Crippen LogP contribution is -2.47. The molecular formula is C26H35ClN2O2. The molecule has 31 heavy (non-hydrogen) atoms. The fourth-order valence-electron chi connectivity index (χ4n) is 5.00. The second kappa shape index (κ2) is 11.0. The summed E-state index contributed by atoms with van der Waals surface area (Å²) in [5, 5.41) is 0. The van der Waals surface area contributed by atoms with Crippen molar-refractivity contribution < 1.29 is 9.53 Å². The number of carbonyl (C=O) groups excluding carboxylic acids is 1. The Morgan fingerprint density at radius 2 is 1.42 bits per heavy atom. The number of fused-ring (bicyclic) bond motifs is 2. The minimum atomic E-state index is -0.287. The van der Waals surface area contributed by atoms with Crippen LogP contribution in [0.1, 0.15) is 63.0 Å². The van der Waals surface area contributed by atoms with Gasteiger partial charge in [0.2, 0.25) is 5.91 Å². The molecular weight excluding hydrogens is 408 g/mol. The number of nitrogens with zero attached hydrogens (tertiary/aromatic N) is 2. The molecule has 2 aromatic carbocycles. The van der Waals surface area contributed by atoms with Gasteiger partial charge in [0.25, 0.3) is 0 Å². The van der Waals surface area contributed by atoms with Gasteiger partial charge >= 0.3 is 0 Å². The number of amides is 1. The number of rotatable bonds is 7. The van der Waals surface area contributed by atoms with Crippen molar-refractivity contribution in [3.05, 3.63) is 59.7 Å². The minimum Gasteiger partial charge on any atom is -0.457 e. The Balaban J connectivity index is 0.00000272. The highest BCUT2D eigenvalue weighted by Gasteiger charge is 2.37. The fraction of sp³-hybridized carbons (Fsp3) is 0.500. The van der Waals surface area contributed by atoms with E-state index in [0.29, 0.717) is 6.04 Å². The molecule has 0 spiro atoms. The van der Waals surface area contributed by atoms with Crippen LogP contribution in [0.25, 0.3) is 0 Å². The van der Waals surface area contributed by atoms with E-state index in [1.807, 2.05) is 36.4 Å². The number of para-hydroxylation sites is 2. The number of carbonyl (C=O) groups is 1. The first-order valence-corrected chi connectivity index (χ1v) is 11.6. The van der Waals surface area contributed by atoms with Crippen LogP contribution in [-0.2, 0) is 4.79 Å². The van der Waals surface area contributed by atoms with E-state index in [2.05, 4.69) is 35.8 Å². The van der Waals surface area contributed by atoms with Gasteiger partial charge in [0.1, 0.15) is 11.5 Å². The quantitative estimate of drug-likeness (QED) is 0.539. The molecule has 168 valence electrons. The van der Waals surface area contributed by atoms with Crippen LogP contribution in [0.5, 0.6) is 11.5 Å². The van der Waals surface area contributed by atoms with Gasteiger partial charge in [-0.2, -0.15) is 0 Å². The Morgan fingerprint density at radius 1 is 0.871 bits per heavy atom. The molecule has 0 aromatic heterocycles. The van der Waals surface area contributed by atoms with Gasteiger partial charge in [-0.25, -0.2) is 0 Å². The summed E-state index contributed by atoms with van der Waals surface area (Å²) in [4.78, 5) is 18.8. The van der Waals surface area contributed by atoms with E-state index < -0.39 is 0 Å². The lowest BCUT2D eigenvalue weighted by atomic mass is 9.85. The molecule has 2 aliphatic rings. The van der Waals surface area contributed by atoms with E-state index >= 15 is 0 Å². The van der Waals surface area contributed by atoms with E-state index in [1.54, 1.807) is 0 Å². The summed E-state index contributed by atoms with van der Waals surface area (Å²) in [6.07, 6.45) is 5.98. The molecule has 1 saturated carbocycles. The van der Waals surface area contributed by atoms with Gasteiger partial charge in [-0.05, 0) is 38.1 Å². The van der Waals surface area contributed by atoms with Gasteiger partial charge in [0.15, 0.2) is 0 Å².